The predicted molar refractivity (Wildman–Crippen MR) is 265 cm³/mol. The second kappa shape index (κ2) is 13.8. The number of furan rings is 2. The molecule has 0 fully saturated rings. The maximum atomic E-state index is 6.91. The van der Waals surface area contributed by atoms with Crippen LogP contribution in [0.3, 0.4) is 0 Å². The van der Waals surface area contributed by atoms with Crippen molar-refractivity contribution in [1.82, 2.24) is 19.5 Å². The van der Waals surface area contributed by atoms with Crippen molar-refractivity contribution in [3.63, 3.8) is 0 Å². The topological polar surface area (TPSA) is 69.9 Å². The Labute approximate surface area is 371 Å². The number of rotatable bonds is 5. The fourth-order valence-electron chi connectivity index (χ4n) is 9.88. The molecule has 0 amide bonds. The summed E-state index contributed by atoms with van der Waals surface area (Å²) in [6, 6.07) is 72.2. The molecule has 6 nitrogen and oxygen atoms in total. The first-order valence-corrected chi connectivity index (χ1v) is 21.8. The van der Waals surface area contributed by atoms with Gasteiger partial charge in [0.05, 0.1) is 16.7 Å². The quantitative estimate of drug-likeness (QED) is 0.173. The van der Waals surface area contributed by atoms with Crippen LogP contribution in [0.4, 0.5) is 0 Å². The first kappa shape index (κ1) is 35.7. The van der Waals surface area contributed by atoms with E-state index in [9.17, 15) is 0 Å². The van der Waals surface area contributed by atoms with Gasteiger partial charge in [0, 0.05) is 60.5 Å². The lowest BCUT2D eigenvalue weighted by molar-refractivity contribution is 0.669. The first-order valence-electron chi connectivity index (χ1n) is 21.8. The van der Waals surface area contributed by atoms with Gasteiger partial charge < -0.3 is 13.4 Å². The molecule has 0 saturated carbocycles. The summed E-state index contributed by atoms with van der Waals surface area (Å²) in [4.78, 5) is 16.1. The molecule has 10 aromatic carbocycles. The molecule has 65 heavy (non-hydrogen) atoms. The Morgan fingerprint density at radius 3 is 1.75 bits per heavy atom. The number of hydrogen-bond acceptors (Lipinski definition) is 5. The van der Waals surface area contributed by atoms with Crippen molar-refractivity contribution in [1.29, 1.82) is 0 Å². The lowest BCUT2D eigenvalue weighted by Gasteiger charge is -2.15. The van der Waals surface area contributed by atoms with Gasteiger partial charge in [0.1, 0.15) is 22.3 Å². The van der Waals surface area contributed by atoms with E-state index in [0.29, 0.717) is 17.5 Å². The molecule has 0 aliphatic carbocycles. The van der Waals surface area contributed by atoms with Crippen LogP contribution in [0.2, 0.25) is 0 Å². The van der Waals surface area contributed by atoms with Crippen LogP contribution in [-0.4, -0.2) is 19.5 Å². The van der Waals surface area contributed by atoms with Gasteiger partial charge in [0.2, 0.25) is 0 Å². The Balaban J connectivity index is 1.07. The maximum Gasteiger partial charge on any atom is 0.166 e. The minimum Gasteiger partial charge on any atom is -0.456 e. The highest BCUT2D eigenvalue weighted by Crippen LogP contribution is 2.43. The standard InChI is InChI=1S/C59H34N4O2/c1-2-12-35(13-3-1)36-22-24-38(25-23-36)57-60-58(41-27-28-45-44-19-9-11-21-53(44)64-54(45)32-41)62-59(61-57)49-33-48-46-29-26-37-14-6-7-17-42(37)56(46)65-55(48)34-52(49)63-50-20-10-8-18-43(50)47-30-39-15-4-5-16-40(39)31-51(47)63/h1-34H. The van der Waals surface area contributed by atoms with Crippen LogP contribution in [-0.2, 0) is 0 Å². The molecule has 4 heterocycles. The Morgan fingerprint density at radius 2 is 0.908 bits per heavy atom. The normalized spacial score (nSPS) is 12.0. The first-order chi connectivity index (χ1) is 32.2. The summed E-state index contributed by atoms with van der Waals surface area (Å²) in [6.45, 7) is 0. The average molecular weight is 831 g/mol. The highest BCUT2D eigenvalue weighted by molar-refractivity contribution is 6.18. The van der Waals surface area contributed by atoms with Crippen molar-refractivity contribution < 1.29 is 8.83 Å². The molecule has 0 unspecified atom stereocenters. The van der Waals surface area contributed by atoms with Gasteiger partial charge in [-0.05, 0) is 75.8 Å². The van der Waals surface area contributed by atoms with E-state index in [1.807, 2.05) is 30.3 Å². The van der Waals surface area contributed by atoms with E-state index in [4.69, 9.17) is 23.8 Å². The van der Waals surface area contributed by atoms with Gasteiger partial charge in [-0.3, -0.25) is 0 Å². The third kappa shape index (κ3) is 5.57. The monoisotopic (exact) mass is 830 g/mol. The summed E-state index contributed by atoms with van der Waals surface area (Å²) in [5.41, 5.74) is 11.1. The fourth-order valence-corrected chi connectivity index (χ4v) is 9.88. The molecular weight excluding hydrogens is 797 g/mol. The van der Waals surface area contributed by atoms with Gasteiger partial charge in [0.15, 0.2) is 17.5 Å². The third-order valence-corrected chi connectivity index (χ3v) is 13.0. The fraction of sp³-hybridized carbons (Fsp3) is 0. The highest BCUT2D eigenvalue weighted by Gasteiger charge is 2.23. The molecule has 0 saturated heterocycles. The lowest BCUT2D eigenvalue weighted by Crippen LogP contribution is -2.04. The van der Waals surface area contributed by atoms with Crippen molar-refractivity contribution in [3.05, 3.63) is 206 Å². The molecular formula is C59H34N4O2. The van der Waals surface area contributed by atoms with Gasteiger partial charge in [-0.15, -0.1) is 0 Å². The molecule has 4 aromatic heterocycles. The van der Waals surface area contributed by atoms with E-state index in [-0.39, 0.29) is 0 Å². The van der Waals surface area contributed by atoms with Crippen LogP contribution in [0.15, 0.2) is 215 Å². The molecule has 14 rings (SSSR count). The smallest absolute Gasteiger partial charge is 0.166 e. The van der Waals surface area contributed by atoms with Crippen molar-refractivity contribution >= 4 is 87.2 Å². The number of benzene rings is 10. The second-order valence-corrected chi connectivity index (χ2v) is 16.8. The Morgan fingerprint density at radius 1 is 0.308 bits per heavy atom. The highest BCUT2D eigenvalue weighted by atomic mass is 16.3. The van der Waals surface area contributed by atoms with E-state index in [2.05, 4.69) is 180 Å². The van der Waals surface area contributed by atoms with Crippen molar-refractivity contribution in [2.75, 3.05) is 0 Å². The second-order valence-electron chi connectivity index (χ2n) is 16.8. The predicted octanol–water partition coefficient (Wildman–Crippen LogP) is 15.7. The van der Waals surface area contributed by atoms with E-state index >= 15 is 0 Å². The molecule has 0 bridgehead atoms. The van der Waals surface area contributed by atoms with Crippen LogP contribution >= 0.6 is 0 Å². The summed E-state index contributed by atoms with van der Waals surface area (Å²) in [7, 11) is 0. The third-order valence-electron chi connectivity index (χ3n) is 13.0. The van der Waals surface area contributed by atoms with Crippen LogP contribution in [0.5, 0.6) is 0 Å². The van der Waals surface area contributed by atoms with Gasteiger partial charge in [0.25, 0.3) is 0 Å². The molecule has 0 N–H and O–H groups in total. The largest absolute Gasteiger partial charge is 0.456 e. The zero-order chi connectivity index (χ0) is 42.6. The molecule has 0 aliphatic heterocycles. The van der Waals surface area contributed by atoms with E-state index in [1.54, 1.807) is 0 Å². The molecule has 0 aliphatic rings. The summed E-state index contributed by atoms with van der Waals surface area (Å²) >= 11 is 0. The van der Waals surface area contributed by atoms with Crippen molar-refractivity contribution in [2.45, 2.75) is 0 Å². The maximum absolute atomic E-state index is 6.91. The Bertz CT molecular complexity index is 4240. The van der Waals surface area contributed by atoms with Gasteiger partial charge in [-0.1, -0.05) is 152 Å². The molecule has 0 spiro atoms. The van der Waals surface area contributed by atoms with Crippen LogP contribution in [0, 0.1) is 0 Å². The molecule has 0 radical (unpaired) electrons. The van der Waals surface area contributed by atoms with Crippen LogP contribution in [0.25, 0.3) is 138 Å². The summed E-state index contributed by atoms with van der Waals surface area (Å²) in [6.07, 6.45) is 0. The Hall–Kier alpha value is -8.87. The Kier molecular flexibility index (Phi) is 7.59. The van der Waals surface area contributed by atoms with E-state index in [0.717, 1.165) is 115 Å². The van der Waals surface area contributed by atoms with Crippen molar-refractivity contribution in [2.24, 2.45) is 0 Å². The van der Waals surface area contributed by atoms with E-state index in [1.165, 1.54) is 5.39 Å². The van der Waals surface area contributed by atoms with Crippen molar-refractivity contribution in [3.8, 4) is 51.0 Å². The minimum absolute atomic E-state index is 0.542. The molecule has 6 heteroatoms. The summed E-state index contributed by atoms with van der Waals surface area (Å²) < 4.78 is 15.7. The van der Waals surface area contributed by atoms with E-state index < -0.39 is 0 Å². The molecule has 302 valence electrons. The number of para-hydroxylation sites is 2. The minimum atomic E-state index is 0.542. The van der Waals surface area contributed by atoms with Crippen LogP contribution in [0.1, 0.15) is 0 Å². The van der Waals surface area contributed by atoms with Gasteiger partial charge in [-0.25, -0.2) is 15.0 Å². The zero-order valence-corrected chi connectivity index (χ0v) is 34.7. The van der Waals surface area contributed by atoms with Gasteiger partial charge in [-0.2, -0.15) is 0 Å². The molecule has 14 aromatic rings. The zero-order valence-electron chi connectivity index (χ0n) is 34.7. The average Bonchev–Trinajstić information content (AvgIpc) is 4.04. The van der Waals surface area contributed by atoms with Gasteiger partial charge >= 0.3 is 0 Å². The summed E-state index contributed by atoms with van der Waals surface area (Å²) in [5.74, 6) is 1.65. The SMILES string of the molecule is c1ccc(-c2ccc(-c3nc(-c4ccc5c(c4)oc4ccccc45)nc(-c4cc5c(cc4-n4c6ccccc6c6cc7ccccc7cc64)oc4c6ccccc6ccc54)n3)cc2)cc1. The number of aromatic nitrogens is 4. The molecule has 0 atom stereocenters. The summed E-state index contributed by atoms with van der Waals surface area (Å²) in [5, 5.41) is 11.0. The van der Waals surface area contributed by atoms with Crippen LogP contribution < -0.4 is 0 Å². The number of fused-ring (bicyclic) bond motifs is 12. The lowest BCUT2D eigenvalue weighted by atomic mass is 10.0. The number of hydrogen-bond donors (Lipinski definition) is 0. The number of nitrogens with zero attached hydrogens (tertiary/aromatic N) is 4.